The Morgan fingerprint density at radius 2 is 1.96 bits per heavy atom. The van der Waals surface area contributed by atoms with E-state index in [0.717, 1.165) is 29.2 Å². The molecule has 5 nitrogen and oxygen atoms in total. The first-order chi connectivity index (χ1) is 11.3. The smallest absolute Gasteiger partial charge is 0.226 e. The zero-order valence-electron chi connectivity index (χ0n) is 14.8. The SMILES string of the molecule is CNCCN(C)C(=O)Cc1c(C)nn(-c2ccc(Cl)c(Cl)c2)c1C.Cl. The first-order valence-electron chi connectivity index (χ1n) is 7.74. The summed E-state index contributed by atoms with van der Waals surface area (Å²) in [5, 5.41) is 8.58. The molecule has 0 atom stereocenters. The lowest BCUT2D eigenvalue weighted by atomic mass is 10.1. The van der Waals surface area contributed by atoms with E-state index in [1.54, 1.807) is 21.7 Å². The predicted molar refractivity (Wildman–Crippen MR) is 106 cm³/mol. The minimum atomic E-state index is 0. The van der Waals surface area contributed by atoms with Gasteiger partial charge in [-0.25, -0.2) is 4.68 Å². The number of hydrogen-bond acceptors (Lipinski definition) is 3. The van der Waals surface area contributed by atoms with E-state index < -0.39 is 0 Å². The molecule has 0 unspecified atom stereocenters. The summed E-state index contributed by atoms with van der Waals surface area (Å²) >= 11 is 12.1. The lowest BCUT2D eigenvalue weighted by molar-refractivity contribution is -0.129. The predicted octanol–water partition coefficient (Wildman–Crippen LogP) is 3.44. The molecule has 0 spiro atoms. The van der Waals surface area contributed by atoms with Crippen molar-refractivity contribution in [2.24, 2.45) is 0 Å². The average Bonchev–Trinajstić information content (AvgIpc) is 2.83. The van der Waals surface area contributed by atoms with E-state index in [4.69, 9.17) is 23.2 Å². The van der Waals surface area contributed by atoms with Gasteiger partial charge in [0, 0.05) is 31.4 Å². The van der Waals surface area contributed by atoms with Crippen LogP contribution in [0.3, 0.4) is 0 Å². The number of carbonyl (C=O) groups excluding carboxylic acids is 1. The van der Waals surface area contributed by atoms with Crippen LogP contribution in [-0.4, -0.2) is 47.8 Å². The van der Waals surface area contributed by atoms with E-state index in [0.29, 0.717) is 23.0 Å². The zero-order valence-corrected chi connectivity index (χ0v) is 17.1. The van der Waals surface area contributed by atoms with Crippen LogP contribution in [0.2, 0.25) is 10.0 Å². The van der Waals surface area contributed by atoms with Gasteiger partial charge in [0.2, 0.25) is 5.91 Å². The fraction of sp³-hybridized carbons (Fsp3) is 0.412. The molecule has 1 aromatic carbocycles. The van der Waals surface area contributed by atoms with Gasteiger partial charge >= 0.3 is 0 Å². The van der Waals surface area contributed by atoms with Gasteiger partial charge in [-0.2, -0.15) is 5.10 Å². The van der Waals surface area contributed by atoms with Crippen LogP contribution in [-0.2, 0) is 11.2 Å². The van der Waals surface area contributed by atoms with Crippen LogP contribution in [0.4, 0.5) is 0 Å². The van der Waals surface area contributed by atoms with Crippen molar-refractivity contribution >= 4 is 41.5 Å². The number of nitrogens with zero attached hydrogens (tertiary/aromatic N) is 3. The second-order valence-corrected chi connectivity index (χ2v) is 6.57. The summed E-state index contributed by atoms with van der Waals surface area (Å²) in [5.74, 6) is 0.0742. The molecule has 1 aromatic heterocycles. The first kappa shape index (κ1) is 21.8. The highest BCUT2D eigenvalue weighted by molar-refractivity contribution is 6.42. The van der Waals surface area contributed by atoms with Gasteiger partial charge < -0.3 is 10.2 Å². The van der Waals surface area contributed by atoms with Crippen LogP contribution in [0.5, 0.6) is 0 Å². The van der Waals surface area contributed by atoms with Gasteiger partial charge in [0.25, 0.3) is 0 Å². The number of halogens is 3. The minimum Gasteiger partial charge on any atom is -0.344 e. The third-order valence-corrected chi connectivity index (χ3v) is 4.78. The maximum atomic E-state index is 12.4. The monoisotopic (exact) mass is 404 g/mol. The Labute approximate surface area is 164 Å². The third kappa shape index (κ3) is 5.11. The van der Waals surface area contributed by atoms with Gasteiger partial charge in [0.05, 0.1) is 27.8 Å². The molecule has 138 valence electrons. The van der Waals surface area contributed by atoms with Crippen molar-refractivity contribution in [3.05, 3.63) is 45.2 Å². The Hall–Kier alpha value is -1.27. The van der Waals surface area contributed by atoms with Crippen LogP contribution in [0.25, 0.3) is 5.69 Å². The molecule has 2 rings (SSSR count). The molecule has 0 aliphatic heterocycles. The number of likely N-dealkylation sites (N-methyl/N-ethyl adjacent to an activating group) is 2. The maximum absolute atomic E-state index is 12.4. The highest BCUT2D eigenvalue weighted by Crippen LogP contribution is 2.26. The van der Waals surface area contributed by atoms with Crippen molar-refractivity contribution < 1.29 is 4.79 Å². The molecule has 0 fully saturated rings. The van der Waals surface area contributed by atoms with Gasteiger partial charge in [0.15, 0.2) is 0 Å². The van der Waals surface area contributed by atoms with Gasteiger partial charge in [-0.05, 0) is 39.1 Å². The van der Waals surface area contributed by atoms with Crippen LogP contribution in [0, 0.1) is 13.8 Å². The van der Waals surface area contributed by atoms with Crippen molar-refractivity contribution in [2.75, 3.05) is 27.2 Å². The van der Waals surface area contributed by atoms with E-state index >= 15 is 0 Å². The molecule has 0 radical (unpaired) electrons. The molecule has 1 amide bonds. The molecule has 2 aromatic rings. The fourth-order valence-electron chi connectivity index (χ4n) is 2.49. The average molecular weight is 406 g/mol. The number of amides is 1. The van der Waals surface area contributed by atoms with E-state index in [2.05, 4.69) is 10.4 Å². The number of carbonyl (C=O) groups is 1. The number of hydrogen-bond donors (Lipinski definition) is 1. The summed E-state index contributed by atoms with van der Waals surface area (Å²) in [6.07, 6.45) is 0.333. The van der Waals surface area contributed by atoms with Gasteiger partial charge in [-0.3, -0.25) is 4.79 Å². The van der Waals surface area contributed by atoms with Gasteiger partial charge in [0.1, 0.15) is 0 Å². The Morgan fingerprint density at radius 3 is 2.56 bits per heavy atom. The minimum absolute atomic E-state index is 0. The van der Waals surface area contributed by atoms with Crippen LogP contribution in [0.15, 0.2) is 18.2 Å². The highest BCUT2D eigenvalue weighted by atomic mass is 35.5. The van der Waals surface area contributed by atoms with E-state index in [1.165, 1.54) is 0 Å². The van der Waals surface area contributed by atoms with Crippen molar-refractivity contribution in [3.63, 3.8) is 0 Å². The normalized spacial score (nSPS) is 10.5. The summed E-state index contributed by atoms with van der Waals surface area (Å²) < 4.78 is 1.80. The zero-order chi connectivity index (χ0) is 17.9. The van der Waals surface area contributed by atoms with E-state index in [9.17, 15) is 4.79 Å². The number of benzene rings is 1. The summed E-state index contributed by atoms with van der Waals surface area (Å²) in [7, 11) is 3.68. The second kappa shape index (κ2) is 9.43. The highest BCUT2D eigenvalue weighted by Gasteiger charge is 2.18. The fourth-order valence-corrected chi connectivity index (χ4v) is 2.78. The molecule has 1 heterocycles. The van der Waals surface area contributed by atoms with Crippen molar-refractivity contribution in [3.8, 4) is 5.69 Å². The number of rotatable bonds is 6. The van der Waals surface area contributed by atoms with E-state index in [1.807, 2.05) is 34.0 Å². The quantitative estimate of drug-likeness (QED) is 0.801. The first-order valence-corrected chi connectivity index (χ1v) is 8.49. The Morgan fingerprint density at radius 1 is 1.28 bits per heavy atom. The summed E-state index contributed by atoms with van der Waals surface area (Å²) in [6.45, 7) is 5.31. The molecule has 0 saturated heterocycles. The molecule has 0 aliphatic carbocycles. The molecule has 0 saturated carbocycles. The lowest BCUT2D eigenvalue weighted by Crippen LogP contribution is -2.34. The molecule has 25 heavy (non-hydrogen) atoms. The van der Waals surface area contributed by atoms with Crippen molar-refractivity contribution in [1.82, 2.24) is 20.0 Å². The Bertz CT molecular complexity index is 746. The van der Waals surface area contributed by atoms with Crippen LogP contribution < -0.4 is 5.32 Å². The molecule has 8 heteroatoms. The topological polar surface area (TPSA) is 50.2 Å². The number of aryl methyl sites for hydroxylation is 1. The Kier molecular flexibility index (Phi) is 8.22. The number of aromatic nitrogens is 2. The molecular weight excluding hydrogens is 383 g/mol. The number of nitrogens with one attached hydrogen (secondary N) is 1. The van der Waals surface area contributed by atoms with Gasteiger partial charge in [-0.1, -0.05) is 23.2 Å². The van der Waals surface area contributed by atoms with E-state index in [-0.39, 0.29) is 18.3 Å². The van der Waals surface area contributed by atoms with Crippen molar-refractivity contribution in [2.45, 2.75) is 20.3 Å². The standard InChI is InChI=1S/C17H22Cl2N4O.ClH/c1-11-14(10-17(24)22(4)8-7-20-3)12(2)23(21-11)13-5-6-15(18)16(19)9-13;/h5-6,9,20H,7-8,10H2,1-4H3;1H. The maximum Gasteiger partial charge on any atom is 0.226 e. The molecule has 1 N–H and O–H groups in total. The van der Waals surface area contributed by atoms with Crippen LogP contribution in [0.1, 0.15) is 17.0 Å². The van der Waals surface area contributed by atoms with Gasteiger partial charge in [-0.15, -0.1) is 12.4 Å². The molecular formula is C17H23Cl3N4O. The largest absolute Gasteiger partial charge is 0.344 e. The molecule has 0 aliphatic rings. The second-order valence-electron chi connectivity index (χ2n) is 5.76. The summed E-state index contributed by atoms with van der Waals surface area (Å²) in [5.41, 5.74) is 3.55. The summed E-state index contributed by atoms with van der Waals surface area (Å²) in [4.78, 5) is 14.1. The Balaban J connectivity index is 0.00000312. The summed E-state index contributed by atoms with van der Waals surface area (Å²) in [6, 6.07) is 5.37. The van der Waals surface area contributed by atoms with Crippen LogP contribution >= 0.6 is 35.6 Å². The third-order valence-electron chi connectivity index (χ3n) is 4.04. The molecule has 0 bridgehead atoms. The van der Waals surface area contributed by atoms with Crippen molar-refractivity contribution in [1.29, 1.82) is 0 Å². The lowest BCUT2D eigenvalue weighted by Gasteiger charge is -2.17.